The number of carbonyl (C=O) groups is 1. The molecular formula is C17H27BrN2O4. The summed E-state index contributed by atoms with van der Waals surface area (Å²) in [7, 11) is 1.66. The molecular weight excluding hydrogens is 376 g/mol. The molecule has 136 valence electrons. The first-order valence-corrected chi connectivity index (χ1v) is 9.49. The molecule has 0 spiro atoms. The van der Waals surface area contributed by atoms with Gasteiger partial charge >= 0.3 is 11.7 Å². The topological polar surface area (TPSA) is 70.3 Å². The quantitative estimate of drug-likeness (QED) is 0.342. The van der Waals surface area contributed by atoms with Gasteiger partial charge in [0.2, 0.25) is 0 Å². The third-order valence-electron chi connectivity index (χ3n) is 3.91. The van der Waals surface area contributed by atoms with E-state index >= 15 is 0 Å². The largest absolute Gasteiger partial charge is 0.462 e. The SMILES string of the molecule is CC(=O)OC(CBr)CCCCCCCn1c(=O)c(C)cn(C)c1=O. The van der Waals surface area contributed by atoms with Gasteiger partial charge in [-0.3, -0.25) is 14.2 Å². The summed E-state index contributed by atoms with van der Waals surface area (Å²) in [5, 5.41) is 0.659. The number of hydrogen-bond donors (Lipinski definition) is 0. The standard InChI is InChI=1S/C17H27BrN2O4/c1-13-12-19(3)17(23)20(16(13)22)10-8-6-4-5-7-9-15(11-18)24-14(2)21/h12,15H,4-11H2,1-3H3. The average molecular weight is 403 g/mol. The van der Waals surface area contributed by atoms with Crippen molar-refractivity contribution in [3.63, 3.8) is 0 Å². The molecule has 0 aliphatic carbocycles. The molecule has 1 atom stereocenters. The molecule has 1 heterocycles. The molecule has 0 radical (unpaired) electrons. The van der Waals surface area contributed by atoms with Gasteiger partial charge in [0.05, 0.1) is 0 Å². The summed E-state index contributed by atoms with van der Waals surface area (Å²) in [6.45, 7) is 3.61. The van der Waals surface area contributed by atoms with E-state index in [0.29, 0.717) is 17.4 Å². The third-order valence-corrected chi connectivity index (χ3v) is 4.64. The minimum Gasteiger partial charge on any atom is -0.462 e. The maximum Gasteiger partial charge on any atom is 0.330 e. The Bertz CT molecular complexity index is 617. The lowest BCUT2D eigenvalue weighted by Gasteiger charge is -2.13. The number of nitrogens with zero attached hydrogens (tertiary/aromatic N) is 2. The van der Waals surface area contributed by atoms with Crippen molar-refractivity contribution in [3.05, 3.63) is 32.6 Å². The Balaban J connectivity index is 2.29. The molecule has 0 saturated carbocycles. The summed E-state index contributed by atoms with van der Waals surface area (Å²) in [5.74, 6) is -0.246. The lowest BCUT2D eigenvalue weighted by Crippen LogP contribution is -2.39. The van der Waals surface area contributed by atoms with Gasteiger partial charge in [0, 0.05) is 37.6 Å². The van der Waals surface area contributed by atoms with Crippen molar-refractivity contribution in [1.82, 2.24) is 9.13 Å². The van der Waals surface area contributed by atoms with E-state index in [0.717, 1.165) is 38.5 Å². The van der Waals surface area contributed by atoms with Gasteiger partial charge in [-0.05, 0) is 26.2 Å². The van der Waals surface area contributed by atoms with Crippen molar-refractivity contribution >= 4 is 21.9 Å². The molecule has 0 fully saturated rings. The van der Waals surface area contributed by atoms with Crippen LogP contribution < -0.4 is 11.2 Å². The highest BCUT2D eigenvalue weighted by molar-refractivity contribution is 9.09. The minimum absolute atomic E-state index is 0.0589. The molecule has 0 bridgehead atoms. The van der Waals surface area contributed by atoms with Crippen molar-refractivity contribution in [1.29, 1.82) is 0 Å². The Labute approximate surface area is 151 Å². The molecule has 1 rings (SSSR count). The lowest BCUT2D eigenvalue weighted by molar-refractivity contribution is -0.145. The number of ether oxygens (including phenoxy) is 1. The van der Waals surface area contributed by atoms with Crippen molar-refractivity contribution < 1.29 is 9.53 Å². The summed E-state index contributed by atoms with van der Waals surface area (Å²) in [5.41, 5.74) is 0.134. The van der Waals surface area contributed by atoms with Gasteiger partial charge in [-0.1, -0.05) is 35.2 Å². The smallest absolute Gasteiger partial charge is 0.330 e. The first-order valence-electron chi connectivity index (χ1n) is 8.37. The van der Waals surface area contributed by atoms with Crippen molar-refractivity contribution in [2.24, 2.45) is 7.05 Å². The number of unbranched alkanes of at least 4 members (excludes halogenated alkanes) is 4. The number of halogens is 1. The van der Waals surface area contributed by atoms with E-state index < -0.39 is 0 Å². The van der Waals surface area contributed by atoms with Crippen LogP contribution in [0.5, 0.6) is 0 Å². The van der Waals surface area contributed by atoms with Crippen LogP contribution in [0.25, 0.3) is 0 Å². The molecule has 24 heavy (non-hydrogen) atoms. The maximum absolute atomic E-state index is 12.0. The summed E-state index contributed by atoms with van der Waals surface area (Å²) in [6, 6.07) is 0. The van der Waals surface area contributed by atoms with Crippen LogP contribution in [0.1, 0.15) is 51.0 Å². The predicted molar refractivity (Wildman–Crippen MR) is 97.7 cm³/mol. The van der Waals surface area contributed by atoms with Gasteiger partial charge in [0.1, 0.15) is 6.10 Å². The van der Waals surface area contributed by atoms with E-state index in [1.807, 2.05) is 0 Å². The van der Waals surface area contributed by atoms with E-state index in [2.05, 4.69) is 15.9 Å². The number of aromatic nitrogens is 2. The van der Waals surface area contributed by atoms with Gasteiger partial charge in [0.15, 0.2) is 0 Å². The van der Waals surface area contributed by atoms with Crippen molar-refractivity contribution in [2.75, 3.05) is 5.33 Å². The number of rotatable bonds is 10. The fraction of sp³-hybridized carbons (Fsp3) is 0.706. The van der Waals surface area contributed by atoms with Gasteiger partial charge < -0.3 is 9.30 Å². The highest BCUT2D eigenvalue weighted by Gasteiger charge is 2.10. The molecule has 7 heteroatoms. The van der Waals surface area contributed by atoms with Crippen molar-refractivity contribution in [2.45, 2.75) is 65.0 Å². The molecule has 0 saturated heterocycles. The van der Waals surface area contributed by atoms with E-state index in [9.17, 15) is 14.4 Å². The number of carbonyl (C=O) groups excluding carboxylic acids is 1. The molecule has 0 N–H and O–H groups in total. The van der Waals surface area contributed by atoms with Crippen LogP contribution in [0.4, 0.5) is 0 Å². The van der Waals surface area contributed by atoms with Crippen LogP contribution in [0.3, 0.4) is 0 Å². The van der Waals surface area contributed by atoms with Gasteiger partial charge in [-0.25, -0.2) is 4.79 Å². The second-order valence-electron chi connectivity index (χ2n) is 6.10. The summed E-state index contributed by atoms with van der Waals surface area (Å²) in [4.78, 5) is 34.9. The second-order valence-corrected chi connectivity index (χ2v) is 6.75. The zero-order chi connectivity index (χ0) is 18.1. The van der Waals surface area contributed by atoms with Crippen LogP contribution in [0.15, 0.2) is 15.8 Å². The number of aryl methyl sites for hydroxylation is 2. The minimum atomic E-state index is -0.257. The molecule has 0 aliphatic heterocycles. The maximum atomic E-state index is 12.0. The highest BCUT2D eigenvalue weighted by Crippen LogP contribution is 2.11. The monoisotopic (exact) mass is 402 g/mol. The van der Waals surface area contributed by atoms with Crippen LogP contribution in [0, 0.1) is 6.92 Å². The Morgan fingerprint density at radius 2 is 1.83 bits per heavy atom. The number of esters is 1. The fourth-order valence-electron chi connectivity index (χ4n) is 2.66. The first-order chi connectivity index (χ1) is 11.4. The van der Waals surface area contributed by atoms with Gasteiger partial charge in [-0.2, -0.15) is 0 Å². The van der Waals surface area contributed by atoms with Gasteiger partial charge in [-0.15, -0.1) is 0 Å². The zero-order valence-electron chi connectivity index (χ0n) is 14.7. The van der Waals surface area contributed by atoms with Crippen LogP contribution in [-0.4, -0.2) is 26.5 Å². The Morgan fingerprint density at radius 3 is 2.46 bits per heavy atom. The predicted octanol–water partition coefficient (Wildman–Crippen LogP) is 2.52. The summed E-state index contributed by atoms with van der Waals surface area (Å²) in [6.07, 6.45) is 7.22. The number of hydrogen-bond acceptors (Lipinski definition) is 4. The molecule has 0 aromatic carbocycles. The molecule has 6 nitrogen and oxygen atoms in total. The highest BCUT2D eigenvalue weighted by atomic mass is 79.9. The summed E-state index contributed by atoms with van der Waals surface area (Å²) < 4.78 is 7.94. The molecule has 1 aromatic heterocycles. The third kappa shape index (κ3) is 6.63. The Hall–Kier alpha value is -1.37. The van der Waals surface area contributed by atoms with Crippen LogP contribution in [-0.2, 0) is 23.1 Å². The molecule has 0 aliphatic rings. The fourth-order valence-corrected chi connectivity index (χ4v) is 3.12. The van der Waals surface area contributed by atoms with E-state index in [-0.39, 0.29) is 23.3 Å². The van der Waals surface area contributed by atoms with Crippen molar-refractivity contribution in [3.8, 4) is 0 Å². The van der Waals surface area contributed by atoms with E-state index in [1.165, 1.54) is 16.1 Å². The molecule has 0 amide bonds. The zero-order valence-corrected chi connectivity index (χ0v) is 16.3. The molecule has 1 unspecified atom stereocenters. The average Bonchev–Trinajstić information content (AvgIpc) is 2.53. The lowest BCUT2D eigenvalue weighted by atomic mass is 10.1. The van der Waals surface area contributed by atoms with Crippen LogP contribution >= 0.6 is 15.9 Å². The second kappa shape index (κ2) is 10.5. The van der Waals surface area contributed by atoms with E-state index in [1.54, 1.807) is 20.2 Å². The number of alkyl halides is 1. The van der Waals surface area contributed by atoms with E-state index in [4.69, 9.17) is 4.74 Å². The Kier molecular flexibility index (Phi) is 9.03. The molecule has 1 aromatic rings. The Morgan fingerprint density at radius 1 is 1.21 bits per heavy atom. The first kappa shape index (κ1) is 20.7. The van der Waals surface area contributed by atoms with Crippen LogP contribution in [0.2, 0.25) is 0 Å². The summed E-state index contributed by atoms with van der Waals surface area (Å²) >= 11 is 3.35. The normalized spacial score (nSPS) is 12.2. The van der Waals surface area contributed by atoms with Gasteiger partial charge in [0.25, 0.3) is 5.56 Å².